The lowest BCUT2D eigenvalue weighted by Crippen LogP contribution is -2.54. The summed E-state index contributed by atoms with van der Waals surface area (Å²) in [5.41, 5.74) is 5.23. The number of rotatable bonds is 1. The van der Waals surface area contributed by atoms with Crippen LogP contribution >= 0.6 is 0 Å². The third-order valence-corrected chi connectivity index (χ3v) is 2.93. The molecule has 0 unspecified atom stereocenters. The number of nitrogens with two attached hydrogens (primary N) is 1. The average Bonchev–Trinajstić information content (AvgIpc) is 2.44. The van der Waals surface area contributed by atoms with Gasteiger partial charge < -0.3 is 25.4 Å². The molecule has 0 aliphatic carbocycles. The molecular formula is C14H24N2O8. The van der Waals surface area contributed by atoms with E-state index >= 15 is 0 Å². The Labute approximate surface area is 139 Å². The first-order valence-electron chi connectivity index (χ1n) is 7.18. The van der Waals surface area contributed by atoms with Crippen LogP contribution in [0.1, 0.15) is 33.6 Å². The summed E-state index contributed by atoms with van der Waals surface area (Å²) in [6, 6.07) is -0.735. The van der Waals surface area contributed by atoms with Crippen molar-refractivity contribution < 1.29 is 38.9 Å². The second-order valence-electron chi connectivity index (χ2n) is 6.11. The number of ether oxygens (including phenoxy) is 2. The van der Waals surface area contributed by atoms with Gasteiger partial charge in [0.05, 0.1) is 7.11 Å². The van der Waals surface area contributed by atoms with Crippen LogP contribution in [-0.4, -0.2) is 70.5 Å². The van der Waals surface area contributed by atoms with Gasteiger partial charge in [-0.2, -0.15) is 0 Å². The van der Waals surface area contributed by atoms with Crippen LogP contribution in [0.25, 0.3) is 0 Å². The van der Waals surface area contributed by atoms with Crippen molar-refractivity contribution in [2.45, 2.75) is 51.3 Å². The summed E-state index contributed by atoms with van der Waals surface area (Å²) < 4.78 is 9.98. The molecule has 24 heavy (non-hydrogen) atoms. The predicted molar refractivity (Wildman–Crippen MR) is 81.2 cm³/mol. The van der Waals surface area contributed by atoms with E-state index in [0.717, 1.165) is 0 Å². The molecule has 4 N–H and O–H groups in total. The first-order valence-corrected chi connectivity index (χ1v) is 7.18. The van der Waals surface area contributed by atoms with Crippen LogP contribution in [0.4, 0.5) is 4.79 Å². The van der Waals surface area contributed by atoms with Crippen molar-refractivity contribution in [2.75, 3.05) is 13.7 Å². The minimum absolute atomic E-state index is 0.0900. The van der Waals surface area contributed by atoms with Crippen molar-refractivity contribution in [1.82, 2.24) is 4.90 Å². The molecule has 2 atom stereocenters. The van der Waals surface area contributed by atoms with Gasteiger partial charge in [0.25, 0.3) is 0 Å². The fraction of sp³-hybridized carbons (Fsp3) is 0.714. The van der Waals surface area contributed by atoms with Crippen molar-refractivity contribution in [3.8, 4) is 0 Å². The van der Waals surface area contributed by atoms with Crippen molar-refractivity contribution >= 4 is 24.0 Å². The molecule has 1 rings (SSSR count). The SMILES string of the molecule is COC(=O)[C@@H]1C[C@H](N)CCN1C(=O)OC(C)(C)C.O=C(O)C(=O)O. The minimum Gasteiger partial charge on any atom is -0.473 e. The van der Waals surface area contributed by atoms with Crippen molar-refractivity contribution in [1.29, 1.82) is 0 Å². The number of piperidine rings is 1. The largest absolute Gasteiger partial charge is 0.473 e. The normalized spacial score (nSPS) is 20.3. The van der Waals surface area contributed by atoms with Gasteiger partial charge in [-0.15, -0.1) is 0 Å². The smallest absolute Gasteiger partial charge is 0.414 e. The third kappa shape index (κ3) is 7.77. The summed E-state index contributed by atoms with van der Waals surface area (Å²) in [6.45, 7) is 5.77. The van der Waals surface area contributed by atoms with E-state index in [1.807, 2.05) is 0 Å². The standard InChI is InChI=1S/C12H22N2O4.C2H2O4/c1-12(2,3)18-11(16)14-6-5-8(13)7-9(14)10(15)17-4;3-1(4)2(5)6/h8-9H,5-7,13H2,1-4H3;(H,3,4)(H,5,6)/t8-,9+;/m1./s1. The van der Waals surface area contributed by atoms with Gasteiger partial charge >= 0.3 is 24.0 Å². The van der Waals surface area contributed by atoms with Crippen molar-refractivity contribution in [3.05, 3.63) is 0 Å². The highest BCUT2D eigenvalue weighted by Gasteiger charge is 2.37. The van der Waals surface area contributed by atoms with Gasteiger partial charge in [-0.25, -0.2) is 19.2 Å². The molecule has 1 amide bonds. The number of amides is 1. The fourth-order valence-electron chi connectivity index (χ4n) is 1.89. The maximum Gasteiger partial charge on any atom is 0.414 e. The molecule has 138 valence electrons. The third-order valence-electron chi connectivity index (χ3n) is 2.93. The molecule has 1 saturated heterocycles. The number of aliphatic carboxylic acids is 2. The molecule has 1 aliphatic heterocycles. The molecular weight excluding hydrogens is 324 g/mol. The molecule has 0 saturated carbocycles. The highest BCUT2D eigenvalue weighted by atomic mass is 16.6. The summed E-state index contributed by atoms with van der Waals surface area (Å²) >= 11 is 0. The Morgan fingerprint density at radius 1 is 1.12 bits per heavy atom. The average molecular weight is 348 g/mol. The van der Waals surface area contributed by atoms with Crippen LogP contribution in [0.3, 0.4) is 0 Å². The second kappa shape index (κ2) is 9.06. The lowest BCUT2D eigenvalue weighted by Gasteiger charge is -2.37. The van der Waals surface area contributed by atoms with Gasteiger partial charge in [0.2, 0.25) is 0 Å². The van der Waals surface area contributed by atoms with Gasteiger partial charge in [0, 0.05) is 12.6 Å². The molecule has 0 aromatic rings. The maximum absolute atomic E-state index is 12.0. The molecule has 1 aliphatic rings. The van der Waals surface area contributed by atoms with Crippen LogP contribution in [0.5, 0.6) is 0 Å². The van der Waals surface area contributed by atoms with Crippen LogP contribution < -0.4 is 5.73 Å². The van der Waals surface area contributed by atoms with Crippen molar-refractivity contribution in [3.63, 3.8) is 0 Å². The highest BCUT2D eigenvalue weighted by Crippen LogP contribution is 2.20. The number of carbonyl (C=O) groups excluding carboxylic acids is 2. The topological polar surface area (TPSA) is 156 Å². The number of methoxy groups -OCH3 is 1. The minimum atomic E-state index is -1.82. The Balaban J connectivity index is 0.000000754. The Hall–Kier alpha value is -2.36. The van der Waals surface area contributed by atoms with Gasteiger partial charge in [0.15, 0.2) is 0 Å². The number of esters is 1. The van der Waals surface area contributed by atoms with Crippen LogP contribution in [-0.2, 0) is 23.9 Å². The molecule has 0 bridgehead atoms. The van der Waals surface area contributed by atoms with Gasteiger partial charge in [-0.05, 0) is 33.6 Å². The van der Waals surface area contributed by atoms with Crippen LogP contribution in [0.2, 0.25) is 0 Å². The number of likely N-dealkylation sites (tertiary alicyclic amines) is 1. The number of nitrogens with zero attached hydrogens (tertiary/aromatic N) is 1. The number of carboxylic acids is 2. The van der Waals surface area contributed by atoms with Crippen LogP contribution in [0, 0.1) is 0 Å². The van der Waals surface area contributed by atoms with Gasteiger partial charge in [-0.3, -0.25) is 4.90 Å². The summed E-state index contributed by atoms with van der Waals surface area (Å²) in [5.74, 6) is -4.10. The number of carbonyl (C=O) groups is 4. The predicted octanol–water partition coefficient (Wildman–Crippen LogP) is 0.0418. The highest BCUT2D eigenvalue weighted by molar-refractivity contribution is 6.27. The Morgan fingerprint density at radius 2 is 1.62 bits per heavy atom. The van der Waals surface area contributed by atoms with E-state index < -0.39 is 35.6 Å². The van der Waals surface area contributed by atoms with E-state index in [2.05, 4.69) is 0 Å². The van der Waals surface area contributed by atoms with E-state index in [9.17, 15) is 9.59 Å². The Bertz CT molecular complexity index is 474. The Morgan fingerprint density at radius 3 is 2.00 bits per heavy atom. The first-order chi connectivity index (χ1) is 10.9. The number of hydrogen-bond donors (Lipinski definition) is 3. The van der Waals surface area contributed by atoms with Crippen molar-refractivity contribution in [2.24, 2.45) is 5.73 Å². The fourth-order valence-corrected chi connectivity index (χ4v) is 1.89. The van der Waals surface area contributed by atoms with Gasteiger partial charge in [0.1, 0.15) is 11.6 Å². The van der Waals surface area contributed by atoms with E-state index in [1.165, 1.54) is 12.0 Å². The maximum atomic E-state index is 12.0. The molecule has 0 aromatic heterocycles. The molecule has 1 fully saturated rings. The van der Waals surface area contributed by atoms with Gasteiger partial charge in [-0.1, -0.05) is 0 Å². The summed E-state index contributed by atoms with van der Waals surface area (Å²) in [7, 11) is 1.30. The zero-order valence-corrected chi connectivity index (χ0v) is 14.1. The molecule has 0 radical (unpaired) electrons. The zero-order valence-electron chi connectivity index (χ0n) is 14.1. The molecule has 0 spiro atoms. The quantitative estimate of drug-likeness (QED) is 0.439. The van der Waals surface area contributed by atoms with Crippen LogP contribution in [0.15, 0.2) is 0 Å². The molecule has 10 heteroatoms. The molecule has 1 heterocycles. The zero-order chi connectivity index (χ0) is 19.1. The summed E-state index contributed by atoms with van der Waals surface area (Å²) in [6.07, 6.45) is 0.573. The molecule has 10 nitrogen and oxygen atoms in total. The summed E-state index contributed by atoms with van der Waals surface area (Å²) in [4.78, 5) is 43.3. The number of hydrogen-bond acceptors (Lipinski definition) is 7. The monoisotopic (exact) mass is 348 g/mol. The van der Waals surface area contributed by atoms with E-state index in [0.29, 0.717) is 19.4 Å². The van der Waals surface area contributed by atoms with E-state index in [1.54, 1.807) is 20.8 Å². The first kappa shape index (κ1) is 21.6. The number of carboxylic acid groups (broad SMARTS) is 2. The van der Waals surface area contributed by atoms with E-state index in [-0.39, 0.29) is 6.04 Å². The van der Waals surface area contributed by atoms with E-state index in [4.69, 9.17) is 35.0 Å². The Kier molecular flexibility index (Phi) is 8.17. The lowest BCUT2D eigenvalue weighted by atomic mass is 9.98. The second-order valence-corrected chi connectivity index (χ2v) is 6.11. The summed E-state index contributed by atoms with van der Waals surface area (Å²) in [5, 5.41) is 14.8. The lowest BCUT2D eigenvalue weighted by molar-refractivity contribution is -0.159. The molecule has 0 aromatic carbocycles.